The molecule has 0 fully saturated rings. The highest BCUT2D eigenvalue weighted by molar-refractivity contribution is 9.10. The van der Waals surface area contributed by atoms with Gasteiger partial charge in [0, 0.05) is 4.47 Å². The molecule has 3 aromatic rings. The Bertz CT molecular complexity index is 1320. The fourth-order valence-corrected chi connectivity index (χ4v) is 3.30. The van der Waals surface area contributed by atoms with Crippen molar-refractivity contribution in [2.45, 2.75) is 6.61 Å². The van der Waals surface area contributed by atoms with Crippen molar-refractivity contribution in [1.82, 2.24) is 0 Å². The summed E-state index contributed by atoms with van der Waals surface area (Å²) >= 11 is 3.39. The number of rotatable bonds is 9. The minimum atomic E-state index is -0.796. The maximum atomic E-state index is 12.7. The van der Waals surface area contributed by atoms with E-state index in [0.717, 1.165) is 10.0 Å². The molecule has 0 aliphatic rings. The first kappa shape index (κ1) is 25.3. The molecule has 1 N–H and O–H groups in total. The number of hydrogen-bond acceptors (Lipinski definition) is 7. The van der Waals surface area contributed by atoms with Crippen LogP contribution in [0.25, 0.3) is 6.08 Å². The lowest BCUT2D eigenvalue weighted by molar-refractivity contribution is -0.384. The first-order chi connectivity index (χ1) is 16.8. The molecular weight excluding hydrogens is 518 g/mol. The fourth-order valence-electron chi connectivity index (χ4n) is 3.04. The third kappa shape index (κ3) is 6.59. The lowest BCUT2D eigenvalue weighted by Gasteiger charge is -2.12. The summed E-state index contributed by atoms with van der Waals surface area (Å²) in [7, 11) is 2.86. The van der Waals surface area contributed by atoms with Crippen molar-refractivity contribution in [2.75, 3.05) is 19.5 Å². The molecule has 0 aliphatic carbocycles. The average Bonchev–Trinajstić information content (AvgIpc) is 2.87. The van der Waals surface area contributed by atoms with Crippen LogP contribution in [0.15, 0.2) is 70.7 Å². The van der Waals surface area contributed by atoms with Gasteiger partial charge in [-0.25, -0.2) is 0 Å². The molecule has 0 heterocycles. The number of anilines is 1. The highest BCUT2D eigenvalue weighted by Crippen LogP contribution is 2.31. The molecule has 0 spiro atoms. The second kappa shape index (κ2) is 11.7. The number of carbonyl (C=O) groups excluding carboxylic acids is 1. The Kier molecular flexibility index (Phi) is 8.43. The van der Waals surface area contributed by atoms with Crippen LogP contribution in [0.1, 0.15) is 11.1 Å². The minimum absolute atomic E-state index is 0.0591. The Morgan fingerprint density at radius 1 is 1.09 bits per heavy atom. The third-order valence-corrected chi connectivity index (χ3v) is 5.35. The van der Waals surface area contributed by atoms with E-state index in [9.17, 15) is 20.2 Å². The summed E-state index contributed by atoms with van der Waals surface area (Å²) in [5, 5.41) is 23.3. The molecule has 3 aromatic carbocycles. The summed E-state index contributed by atoms with van der Waals surface area (Å²) in [5.41, 5.74) is 0.810. The number of benzene rings is 3. The predicted molar refractivity (Wildman–Crippen MR) is 133 cm³/mol. The topological polar surface area (TPSA) is 124 Å². The van der Waals surface area contributed by atoms with Crippen LogP contribution in [0, 0.1) is 21.4 Å². The molecule has 9 nitrogen and oxygen atoms in total. The van der Waals surface area contributed by atoms with E-state index in [0.29, 0.717) is 23.7 Å². The van der Waals surface area contributed by atoms with Crippen molar-refractivity contribution >= 4 is 39.3 Å². The summed E-state index contributed by atoms with van der Waals surface area (Å²) < 4.78 is 17.2. The van der Waals surface area contributed by atoms with Crippen molar-refractivity contribution in [1.29, 1.82) is 5.26 Å². The van der Waals surface area contributed by atoms with Gasteiger partial charge in [-0.15, -0.1) is 0 Å². The van der Waals surface area contributed by atoms with Gasteiger partial charge in [-0.1, -0.05) is 34.1 Å². The first-order valence-electron chi connectivity index (χ1n) is 10.2. The van der Waals surface area contributed by atoms with Gasteiger partial charge in [-0.2, -0.15) is 5.26 Å². The summed E-state index contributed by atoms with van der Waals surface area (Å²) in [5.74, 6) is 0.374. The number of nitrogens with zero attached hydrogens (tertiary/aromatic N) is 2. The number of hydrogen-bond donors (Lipinski definition) is 1. The Labute approximate surface area is 209 Å². The first-order valence-corrected chi connectivity index (χ1v) is 10.9. The van der Waals surface area contributed by atoms with Crippen LogP contribution in [0.3, 0.4) is 0 Å². The normalized spacial score (nSPS) is 10.7. The van der Waals surface area contributed by atoms with Crippen LogP contribution in [0.5, 0.6) is 17.2 Å². The molecule has 35 heavy (non-hydrogen) atoms. The van der Waals surface area contributed by atoms with Gasteiger partial charge in [-0.05, 0) is 53.6 Å². The maximum absolute atomic E-state index is 12.7. The van der Waals surface area contributed by atoms with Gasteiger partial charge in [0.2, 0.25) is 0 Å². The van der Waals surface area contributed by atoms with Gasteiger partial charge >= 0.3 is 0 Å². The monoisotopic (exact) mass is 537 g/mol. The van der Waals surface area contributed by atoms with Crippen molar-refractivity contribution < 1.29 is 23.9 Å². The molecule has 0 saturated carbocycles. The number of nitriles is 1. The van der Waals surface area contributed by atoms with E-state index in [1.165, 1.54) is 38.5 Å². The summed E-state index contributed by atoms with van der Waals surface area (Å²) in [6, 6.07) is 18.5. The SMILES string of the molecule is COc1ccc(NC(=O)/C(C#N)=C/c2ccc(OCc3ccc(Br)cc3)c(OC)c2)c([N+](=O)[O-])c1. The quantitative estimate of drug-likeness (QED) is 0.165. The highest BCUT2D eigenvalue weighted by Gasteiger charge is 2.19. The van der Waals surface area contributed by atoms with E-state index in [1.54, 1.807) is 18.2 Å². The molecule has 0 atom stereocenters. The number of methoxy groups -OCH3 is 2. The molecule has 10 heteroatoms. The Balaban J connectivity index is 1.79. The van der Waals surface area contributed by atoms with Gasteiger partial charge < -0.3 is 19.5 Å². The zero-order valence-corrected chi connectivity index (χ0v) is 20.4. The largest absolute Gasteiger partial charge is 0.496 e. The fraction of sp³-hybridized carbons (Fsp3) is 0.120. The Morgan fingerprint density at radius 2 is 1.83 bits per heavy atom. The molecular formula is C25H20BrN3O6. The standard InChI is InChI=1S/C25H20BrN3O6/c1-33-20-8-9-21(22(13-20)29(31)32)28-25(30)18(14-27)11-17-5-10-23(24(12-17)34-2)35-15-16-3-6-19(26)7-4-16/h3-13H,15H2,1-2H3,(H,28,30)/b18-11+. The van der Waals surface area contributed by atoms with Crippen molar-refractivity contribution in [3.8, 4) is 23.3 Å². The summed E-state index contributed by atoms with van der Waals surface area (Å²) in [4.78, 5) is 23.4. The minimum Gasteiger partial charge on any atom is -0.496 e. The second-order valence-electron chi connectivity index (χ2n) is 7.09. The summed E-state index contributed by atoms with van der Waals surface area (Å²) in [6.45, 7) is 0.325. The molecule has 1 amide bonds. The molecule has 0 radical (unpaired) electrons. The third-order valence-electron chi connectivity index (χ3n) is 4.82. The zero-order valence-electron chi connectivity index (χ0n) is 18.8. The van der Waals surface area contributed by atoms with E-state index in [2.05, 4.69) is 21.2 Å². The van der Waals surface area contributed by atoms with Crippen LogP contribution < -0.4 is 19.5 Å². The van der Waals surface area contributed by atoms with E-state index in [-0.39, 0.29) is 22.7 Å². The van der Waals surface area contributed by atoms with Crippen LogP contribution in [0.4, 0.5) is 11.4 Å². The van der Waals surface area contributed by atoms with Crippen LogP contribution >= 0.6 is 15.9 Å². The van der Waals surface area contributed by atoms with Crippen molar-refractivity contribution in [3.05, 3.63) is 92.0 Å². The van der Waals surface area contributed by atoms with Crippen molar-refractivity contribution in [2.24, 2.45) is 0 Å². The van der Waals surface area contributed by atoms with Gasteiger partial charge in [0.25, 0.3) is 11.6 Å². The Morgan fingerprint density at radius 3 is 2.46 bits per heavy atom. The number of ether oxygens (including phenoxy) is 3. The molecule has 178 valence electrons. The number of nitrogens with one attached hydrogen (secondary N) is 1. The number of nitro benzene ring substituents is 1. The lowest BCUT2D eigenvalue weighted by Crippen LogP contribution is -2.14. The zero-order chi connectivity index (χ0) is 25.4. The smallest absolute Gasteiger partial charge is 0.296 e. The number of nitro groups is 1. The van der Waals surface area contributed by atoms with Crippen LogP contribution in [-0.2, 0) is 11.4 Å². The van der Waals surface area contributed by atoms with Crippen LogP contribution in [-0.4, -0.2) is 25.1 Å². The average molecular weight is 538 g/mol. The number of amides is 1. The van der Waals surface area contributed by atoms with Gasteiger partial charge in [0.1, 0.15) is 29.7 Å². The van der Waals surface area contributed by atoms with Gasteiger partial charge in [-0.3, -0.25) is 14.9 Å². The van der Waals surface area contributed by atoms with Gasteiger partial charge in [0.05, 0.1) is 25.2 Å². The number of carbonyl (C=O) groups is 1. The molecule has 0 saturated heterocycles. The second-order valence-corrected chi connectivity index (χ2v) is 8.01. The molecule has 0 bridgehead atoms. The lowest BCUT2D eigenvalue weighted by atomic mass is 10.1. The molecule has 0 unspecified atom stereocenters. The molecule has 0 aromatic heterocycles. The predicted octanol–water partition coefficient (Wildman–Crippen LogP) is 5.50. The Hall–Kier alpha value is -4.36. The van der Waals surface area contributed by atoms with Crippen molar-refractivity contribution in [3.63, 3.8) is 0 Å². The number of halogens is 1. The van der Waals surface area contributed by atoms with E-state index in [1.807, 2.05) is 30.3 Å². The molecule has 0 aliphatic heterocycles. The highest BCUT2D eigenvalue weighted by atomic mass is 79.9. The van der Waals surface area contributed by atoms with E-state index in [4.69, 9.17) is 14.2 Å². The maximum Gasteiger partial charge on any atom is 0.296 e. The molecule has 3 rings (SSSR count). The van der Waals surface area contributed by atoms with E-state index < -0.39 is 10.8 Å². The van der Waals surface area contributed by atoms with Gasteiger partial charge in [0.15, 0.2) is 11.5 Å². The van der Waals surface area contributed by atoms with E-state index >= 15 is 0 Å². The summed E-state index contributed by atoms with van der Waals surface area (Å²) in [6.07, 6.45) is 1.35. The van der Waals surface area contributed by atoms with Crippen LogP contribution in [0.2, 0.25) is 0 Å².